The van der Waals surface area contributed by atoms with Gasteiger partial charge >= 0.3 is 0 Å². The fraction of sp³-hybridized carbons (Fsp3) is 0.667. The van der Waals surface area contributed by atoms with Crippen LogP contribution in [0.1, 0.15) is 32.6 Å². The molecule has 0 saturated carbocycles. The molecule has 0 aromatic heterocycles. The lowest BCUT2D eigenvalue weighted by molar-refractivity contribution is 0.136. The molecule has 0 aliphatic carbocycles. The number of piperidine rings is 2. The third-order valence-electron chi connectivity index (χ3n) is 5.28. The van der Waals surface area contributed by atoms with Crippen LogP contribution in [0.3, 0.4) is 0 Å². The lowest BCUT2D eigenvalue weighted by atomic mass is 9.94. The number of likely N-dealkylation sites (tertiary alicyclic amines) is 1. The zero-order valence-corrected chi connectivity index (χ0v) is 15.9. The normalized spacial score (nSPS) is 25.0. The van der Waals surface area contributed by atoms with Gasteiger partial charge in [-0.3, -0.25) is 0 Å². The highest BCUT2D eigenvalue weighted by Gasteiger charge is 2.30. The van der Waals surface area contributed by atoms with Crippen LogP contribution in [-0.4, -0.2) is 50.3 Å². The van der Waals surface area contributed by atoms with Crippen LogP contribution in [0.25, 0.3) is 0 Å². The summed E-state index contributed by atoms with van der Waals surface area (Å²) in [4.78, 5) is 2.91. The first-order chi connectivity index (χ1) is 11.4. The zero-order chi connectivity index (χ0) is 17.2. The van der Waals surface area contributed by atoms with Gasteiger partial charge in [0.05, 0.1) is 4.90 Å². The third kappa shape index (κ3) is 4.31. The fourth-order valence-corrected chi connectivity index (χ4v) is 5.50. The smallest absolute Gasteiger partial charge is 0.243 e. The van der Waals surface area contributed by atoms with E-state index in [2.05, 4.69) is 11.8 Å². The van der Waals surface area contributed by atoms with Crippen molar-refractivity contribution in [2.45, 2.75) is 37.5 Å². The maximum absolute atomic E-state index is 12.7. The van der Waals surface area contributed by atoms with E-state index in [9.17, 15) is 8.42 Å². The Morgan fingerprint density at radius 2 is 1.75 bits per heavy atom. The van der Waals surface area contributed by atoms with E-state index in [1.807, 2.05) is 0 Å². The number of halogens is 1. The summed E-state index contributed by atoms with van der Waals surface area (Å²) in [6.45, 7) is 7.10. The highest BCUT2D eigenvalue weighted by molar-refractivity contribution is 7.89. The minimum absolute atomic E-state index is 0.343. The number of nitrogens with zero attached hydrogens (tertiary/aromatic N) is 2. The number of hydrogen-bond donors (Lipinski definition) is 0. The molecule has 2 aliphatic heterocycles. The summed E-state index contributed by atoms with van der Waals surface area (Å²) in [5, 5.41) is 0.559. The Morgan fingerprint density at radius 1 is 1.08 bits per heavy atom. The Hall–Kier alpha value is -0.620. The summed E-state index contributed by atoms with van der Waals surface area (Å²) in [6.07, 6.45) is 4.55. The van der Waals surface area contributed by atoms with E-state index < -0.39 is 10.0 Å². The molecule has 0 radical (unpaired) electrons. The van der Waals surface area contributed by atoms with Crippen molar-refractivity contribution in [2.75, 3.05) is 32.7 Å². The van der Waals surface area contributed by atoms with Gasteiger partial charge in [-0.1, -0.05) is 18.5 Å². The first-order valence-electron chi connectivity index (χ1n) is 8.93. The van der Waals surface area contributed by atoms with Crippen molar-refractivity contribution in [1.82, 2.24) is 9.21 Å². The van der Waals surface area contributed by atoms with Gasteiger partial charge in [0.1, 0.15) is 0 Å². The van der Waals surface area contributed by atoms with Crippen LogP contribution < -0.4 is 0 Å². The van der Waals surface area contributed by atoms with E-state index in [4.69, 9.17) is 11.6 Å². The molecule has 1 unspecified atom stereocenters. The standard InChI is InChI=1S/C18H27ClN2O2S/c1-15-3-2-10-20(13-15)14-16-8-11-21(12-9-16)24(22,23)18-6-4-17(19)5-7-18/h4-7,15-16H,2-3,8-14H2,1H3. The summed E-state index contributed by atoms with van der Waals surface area (Å²) in [5.41, 5.74) is 0. The van der Waals surface area contributed by atoms with Crippen molar-refractivity contribution in [2.24, 2.45) is 11.8 Å². The summed E-state index contributed by atoms with van der Waals surface area (Å²) in [5.74, 6) is 1.41. The molecule has 24 heavy (non-hydrogen) atoms. The van der Waals surface area contributed by atoms with Crippen molar-refractivity contribution in [3.05, 3.63) is 29.3 Å². The number of hydrogen-bond acceptors (Lipinski definition) is 3. The van der Waals surface area contributed by atoms with Crippen LogP contribution in [-0.2, 0) is 10.0 Å². The molecule has 6 heteroatoms. The zero-order valence-electron chi connectivity index (χ0n) is 14.3. The van der Waals surface area contributed by atoms with E-state index in [1.54, 1.807) is 28.6 Å². The van der Waals surface area contributed by atoms with Crippen molar-refractivity contribution in [3.63, 3.8) is 0 Å². The molecule has 2 aliphatic rings. The Kier molecular flexibility index (Phi) is 5.85. The summed E-state index contributed by atoms with van der Waals surface area (Å²) >= 11 is 5.86. The molecule has 2 fully saturated rings. The highest BCUT2D eigenvalue weighted by atomic mass is 35.5. The molecule has 0 bridgehead atoms. The van der Waals surface area contributed by atoms with Crippen molar-refractivity contribution in [1.29, 1.82) is 0 Å². The fourth-order valence-electron chi connectivity index (χ4n) is 3.91. The van der Waals surface area contributed by atoms with Gasteiger partial charge in [0, 0.05) is 31.2 Å². The first-order valence-corrected chi connectivity index (χ1v) is 10.7. The van der Waals surface area contributed by atoms with Gasteiger partial charge in [-0.25, -0.2) is 8.42 Å². The van der Waals surface area contributed by atoms with Gasteiger partial charge < -0.3 is 4.90 Å². The average molecular weight is 371 g/mol. The van der Waals surface area contributed by atoms with Gasteiger partial charge in [-0.05, 0) is 68.3 Å². The maximum atomic E-state index is 12.7. The molecule has 2 heterocycles. The van der Waals surface area contributed by atoms with E-state index in [-0.39, 0.29) is 0 Å². The minimum atomic E-state index is -3.38. The molecule has 1 atom stereocenters. The van der Waals surface area contributed by atoms with E-state index in [0.29, 0.717) is 28.9 Å². The number of rotatable bonds is 4. The molecular weight excluding hydrogens is 344 g/mol. The quantitative estimate of drug-likeness (QED) is 0.814. The van der Waals surface area contributed by atoms with E-state index in [0.717, 1.165) is 25.3 Å². The average Bonchev–Trinajstić information content (AvgIpc) is 2.56. The van der Waals surface area contributed by atoms with Crippen LogP contribution in [0.15, 0.2) is 29.2 Å². The molecule has 0 amide bonds. The molecule has 0 spiro atoms. The summed E-state index contributed by atoms with van der Waals surface area (Å²) < 4.78 is 27.1. The van der Waals surface area contributed by atoms with E-state index in [1.165, 1.54) is 25.9 Å². The second-order valence-electron chi connectivity index (χ2n) is 7.31. The predicted molar refractivity (Wildman–Crippen MR) is 97.8 cm³/mol. The monoisotopic (exact) mass is 370 g/mol. The lowest BCUT2D eigenvalue weighted by Gasteiger charge is -2.37. The Labute approximate surface area is 150 Å². The SMILES string of the molecule is CC1CCCN(CC2CCN(S(=O)(=O)c3ccc(Cl)cc3)CC2)C1. The lowest BCUT2D eigenvalue weighted by Crippen LogP contribution is -2.43. The molecule has 1 aromatic rings. The van der Waals surface area contributed by atoms with Crippen LogP contribution in [0, 0.1) is 11.8 Å². The topological polar surface area (TPSA) is 40.6 Å². The molecule has 4 nitrogen and oxygen atoms in total. The second kappa shape index (κ2) is 7.73. The van der Waals surface area contributed by atoms with Gasteiger partial charge in [-0.2, -0.15) is 4.31 Å². The Morgan fingerprint density at radius 3 is 2.38 bits per heavy atom. The Bertz CT molecular complexity index is 639. The summed E-state index contributed by atoms with van der Waals surface area (Å²) in [7, 11) is -3.38. The molecule has 0 N–H and O–H groups in total. The van der Waals surface area contributed by atoms with Gasteiger partial charge in [0.15, 0.2) is 0 Å². The van der Waals surface area contributed by atoms with Crippen LogP contribution >= 0.6 is 11.6 Å². The predicted octanol–water partition coefficient (Wildman–Crippen LogP) is 3.47. The van der Waals surface area contributed by atoms with Gasteiger partial charge in [0.2, 0.25) is 10.0 Å². The summed E-state index contributed by atoms with van der Waals surface area (Å²) in [6, 6.07) is 6.47. The van der Waals surface area contributed by atoms with Gasteiger partial charge in [-0.15, -0.1) is 0 Å². The highest BCUT2D eigenvalue weighted by Crippen LogP contribution is 2.26. The molecule has 2 saturated heterocycles. The second-order valence-corrected chi connectivity index (χ2v) is 9.68. The van der Waals surface area contributed by atoms with Crippen LogP contribution in [0.4, 0.5) is 0 Å². The number of sulfonamides is 1. The first kappa shape index (κ1) is 18.2. The largest absolute Gasteiger partial charge is 0.303 e. The molecule has 3 rings (SSSR count). The maximum Gasteiger partial charge on any atom is 0.243 e. The van der Waals surface area contributed by atoms with Gasteiger partial charge in [0.25, 0.3) is 0 Å². The minimum Gasteiger partial charge on any atom is -0.303 e. The molecule has 134 valence electrons. The third-order valence-corrected chi connectivity index (χ3v) is 7.45. The molecular formula is C18H27ClN2O2S. The Balaban J connectivity index is 1.55. The van der Waals surface area contributed by atoms with Crippen LogP contribution in [0.5, 0.6) is 0 Å². The van der Waals surface area contributed by atoms with Crippen molar-refractivity contribution >= 4 is 21.6 Å². The van der Waals surface area contributed by atoms with Crippen molar-refractivity contribution in [3.8, 4) is 0 Å². The van der Waals surface area contributed by atoms with E-state index >= 15 is 0 Å². The van der Waals surface area contributed by atoms with Crippen molar-refractivity contribution < 1.29 is 8.42 Å². The van der Waals surface area contributed by atoms with Crippen LogP contribution in [0.2, 0.25) is 5.02 Å². The number of benzene rings is 1. The molecule has 1 aromatic carbocycles.